The van der Waals surface area contributed by atoms with Gasteiger partial charge < -0.3 is 0 Å². The first kappa shape index (κ1) is 7.19. The predicted octanol–water partition coefficient (Wildman–Crippen LogP) is 0.951. The normalized spacial score (nSPS) is 20.2. The summed E-state index contributed by atoms with van der Waals surface area (Å²) in [7, 11) is 0. The van der Waals surface area contributed by atoms with E-state index >= 15 is 0 Å². The van der Waals surface area contributed by atoms with Crippen LogP contribution in [0.25, 0.3) is 11.9 Å². The summed E-state index contributed by atoms with van der Waals surface area (Å²) < 4.78 is 0. The van der Waals surface area contributed by atoms with E-state index in [1.54, 1.807) is 0 Å². The summed E-state index contributed by atoms with van der Waals surface area (Å²) in [6, 6.07) is 8.52. The van der Waals surface area contributed by atoms with Crippen molar-refractivity contribution >= 4 is 11.9 Å². The predicted molar refractivity (Wildman–Crippen MR) is 53.0 cm³/mol. The van der Waals surface area contributed by atoms with Gasteiger partial charge in [-0.2, -0.15) is 0 Å². The van der Waals surface area contributed by atoms with Gasteiger partial charge in [0.2, 0.25) is 0 Å². The number of hydrogen-bond donors (Lipinski definition) is 0. The number of benzene rings is 1. The second kappa shape index (κ2) is 2.63. The maximum absolute atomic E-state index is 4.52. The summed E-state index contributed by atoms with van der Waals surface area (Å²) in [5, 5.41) is 7.18. The van der Waals surface area contributed by atoms with Crippen LogP contribution in [0.2, 0.25) is 0 Å². The van der Waals surface area contributed by atoms with Gasteiger partial charge >= 0.3 is 0 Å². The third-order valence-electron chi connectivity index (χ3n) is 3.07. The molecule has 1 aromatic rings. The average Bonchev–Trinajstić information content (AvgIpc) is 2.47. The molecule has 1 nitrogen and oxygen atoms in total. The Kier molecular flexibility index (Phi) is 1.45. The van der Waals surface area contributed by atoms with Gasteiger partial charge in [0.25, 0.3) is 0 Å². The summed E-state index contributed by atoms with van der Waals surface area (Å²) in [6.45, 7) is 0. The van der Waals surface area contributed by atoms with Gasteiger partial charge in [0.1, 0.15) is 0 Å². The first-order valence-corrected chi connectivity index (χ1v) is 4.95. The van der Waals surface area contributed by atoms with E-state index in [1.165, 1.54) is 35.4 Å². The van der Waals surface area contributed by atoms with Crippen molar-refractivity contribution in [1.82, 2.24) is 5.32 Å². The summed E-state index contributed by atoms with van der Waals surface area (Å²) in [6.07, 6.45) is 6.05. The van der Waals surface area contributed by atoms with Crippen LogP contribution in [0.15, 0.2) is 24.3 Å². The van der Waals surface area contributed by atoms with Gasteiger partial charge in [0.15, 0.2) is 0 Å². The number of fused-ring (bicyclic) bond motifs is 1. The molecule has 1 heterocycles. The van der Waals surface area contributed by atoms with Crippen molar-refractivity contribution in [2.75, 3.05) is 0 Å². The lowest BCUT2D eigenvalue weighted by atomic mass is 9.82. The van der Waals surface area contributed by atoms with E-state index in [1.807, 2.05) is 6.20 Å². The molecule has 1 saturated carbocycles. The zero-order valence-corrected chi connectivity index (χ0v) is 7.53. The Morgan fingerprint density at radius 1 is 1.15 bits per heavy atom. The molecule has 0 bridgehead atoms. The highest BCUT2D eigenvalue weighted by molar-refractivity contribution is 5.57. The maximum Gasteiger partial charge on any atom is 0.0513 e. The summed E-state index contributed by atoms with van der Waals surface area (Å²) in [5.74, 6) is 0.750. The minimum absolute atomic E-state index is 0.750. The first-order chi connectivity index (χ1) is 6.45. The standard InChI is InChI=1S/C12H12N/c1-2-7-11-10(4-1)8-13-12(11)9-5-3-6-9/h1-2,4,7-9H,3,5-6H2. The molecule has 0 unspecified atom stereocenters. The Morgan fingerprint density at radius 2 is 2.00 bits per heavy atom. The fourth-order valence-corrected chi connectivity index (χ4v) is 2.06. The van der Waals surface area contributed by atoms with Crippen molar-refractivity contribution in [3.8, 4) is 0 Å². The Bertz CT molecular complexity index is 440. The Hall–Kier alpha value is -1.24. The molecule has 0 N–H and O–H groups in total. The Morgan fingerprint density at radius 3 is 2.77 bits per heavy atom. The van der Waals surface area contributed by atoms with Gasteiger partial charge in [-0.15, -0.1) is 0 Å². The van der Waals surface area contributed by atoms with Crippen molar-refractivity contribution in [2.24, 2.45) is 5.92 Å². The summed E-state index contributed by atoms with van der Waals surface area (Å²) >= 11 is 0. The van der Waals surface area contributed by atoms with Crippen LogP contribution >= 0.6 is 0 Å². The van der Waals surface area contributed by atoms with Crippen molar-refractivity contribution in [2.45, 2.75) is 19.3 Å². The van der Waals surface area contributed by atoms with Crippen molar-refractivity contribution < 1.29 is 0 Å². The average molecular weight is 170 g/mol. The molecule has 1 aliphatic carbocycles. The van der Waals surface area contributed by atoms with E-state index in [-0.39, 0.29) is 0 Å². The molecule has 3 rings (SSSR count). The number of hydrogen-bond acceptors (Lipinski definition) is 0. The summed E-state index contributed by atoms with van der Waals surface area (Å²) in [5.41, 5.74) is 1.34. The third kappa shape index (κ3) is 0.998. The Balaban J connectivity index is 2.20. The van der Waals surface area contributed by atoms with E-state index in [4.69, 9.17) is 0 Å². The van der Waals surface area contributed by atoms with E-state index in [0.717, 1.165) is 5.92 Å². The summed E-state index contributed by atoms with van der Waals surface area (Å²) in [4.78, 5) is 0. The molecule has 1 aliphatic heterocycles. The van der Waals surface area contributed by atoms with Crippen LogP contribution in [-0.4, -0.2) is 0 Å². The third-order valence-corrected chi connectivity index (χ3v) is 3.07. The highest BCUT2D eigenvalue weighted by Gasteiger charge is 2.24. The molecule has 13 heavy (non-hydrogen) atoms. The minimum Gasteiger partial charge on any atom is -0.260 e. The van der Waals surface area contributed by atoms with E-state index in [9.17, 15) is 0 Å². The molecule has 1 aromatic carbocycles. The van der Waals surface area contributed by atoms with Crippen LogP contribution in [-0.2, 0) is 0 Å². The van der Waals surface area contributed by atoms with Gasteiger partial charge in [0, 0.05) is 22.6 Å². The molecule has 1 heteroatoms. The molecule has 65 valence electrons. The van der Waals surface area contributed by atoms with Gasteiger partial charge in [-0.05, 0) is 12.8 Å². The highest BCUT2D eigenvalue weighted by atomic mass is 14.9. The molecule has 0 aromatic heterocycles. The topological polar surface area (TPSA) is 14.1 Å². The molecule has 0 atom stereocenters. The van der Waals surface area contributed by atoms with Gasteiger partial charge in [0.05, 0.1) is 5.70 Å². The van der Waals surface area contributed by atoms with E-state index in [0.29, 0.717) is 0 Å². The van der Waals surface area contributed by atoms with E-state index in [2.05, 4.69) is 29.6 Å². The molecule has 1 fully saturated rings. The number of rotatable bonds is 1. The van der Waals surface area contributed by atoms with Crippen LogP contribution in [0.4, 0.5) is 0 Å². The number of nitrogens with zero attached hydrogens (tertiary/aromatic N) is 1. The van der Waals surface area contributed by atoms with Gasteiger partial charge in [-0.3, -0.25) is 5.32 Å². The van der Waals surface area contributed by atoms with Crippen LogP contribution in [0.1, 0.15) is 19.3 Å². The lowest BCUT2D eigenvalue weighted by molar-refractivity contribution is 0.391. The van der Waals surface area contributed by atoms with Crippen LogP contribution in [0.3, 0.4) is 0 Å². The van der Waals surface area contributed by atoms with Crippen LogP contribution < -0.4 is 15.8 Å². The van der Waals surface area contributed by atoms with Gasteiger partial charge in [-0.1, -0.05) is 30.7 Å². The van der Waals surface area contributed by atoms with Crippen LogP contribution in [0.5, 0.6) is 0 Å². The van der Waals surface area contributed by atoms with Crippen molar-refractivity contribution in [3.63, 3.8) is 0 Å². The second-order valence-corrected chi connectivity index (χ2v) is 3.86. The molecule has 0 amide bonds. The Labute approximate surface area is 77.8 Å². The minimum atomic E-state index is 0.750. The lowest BCUT2D eigenvalue weighted by Crippen LogP contribution is -2.27. The quantitative estimate of drug-likeness (QED) is 0.596. The molecule has 0 spiro atoms. The zero-order valence-electron chi connectivity index (χ0n) is 7.53. The van der Waals surface area contributed by atoms with Crippen LogP contribution in [0, 0.1) is 5.92 Å². The van der Waals surface area contributed by atoms with Crippen molar-refractivity contribution in [1.29, 1.82) is 0 Å². The molecular formula is C12H12N. The largest absolute Gasteiger partial charge is 0.260 e. The zero-order chi connectivity index (χ0) is 8.67. The first-order valence-electron chi connectivity index (χ1n) is 4.95. The maximum atomic E-state index is 4.52. The van der Waals surface area contributed by atoms with E-state index < -0.39 is 0 Å². The smallest absolute Gasteiger partial charge is 0.0513 e. The lowest BCUT2D eigenvalue weighted by Gasteiger charge is -2.25. The molecular weight excluding hydrogens is 158 g/mol. The van der Waals surface area contributed by atoms with Gasteiger partial charge in [-0.25, -0.2) is 0 Å². The van der Waals surface area contributed by atoms with Crippen molar-refractivity contribution in [3.05, 3.63) is 34.7 Å². The monoisotopic (exact) mass is 170 g/mol. The molecule has 1 radical (unpaired) electrons. The highest BCUT2D eigenvalue weighted by Crippen LogP contribution is 2.32. The molecule has 0 saturated heterocycles. The SMILES string of the molecule is C1=c2ccccc2=C(C2CCC2)[N]1. The fraction of sp³-hybridized carbons (Fsp3) is 0.333. The fourth-order valence-electron chi connectivity index (χ4n) is 2.06. The molecule has 2 aliphatic rings. The second-order valence-electron chi connectivity index (χ2n) is 3.86.